The van der Waals surface area contributed by atoms with Crippen LogP contribution in [0.1, 0.15) is 70.0 Å². The van der Waals surface area contributed by atoms with Gasteiger partial charge in [0.2, 0.25) is 5.88 Å². The second-order valence-corrected chi connectivity index (χ2v) is 5.24. The van der Waals surface area contributed by atoms with Crippen LogP contribution in [0.25, 0.3) is 0 Å². The SMILES string of the molecule is CCCCCCCCCC(NC)c1cc(OC)ncn1. The van der Waals surface area contributed by atoms with E-state index in [1.807, 2.05) is 13.1 Å². The lowest BCUT2D eigenvalue weighted by molar-refractivity contribution is 0.393. The monoisotopic (exact) mass is 279 g/mol. The van der Waals surface area contributed by atoms with Gasteiger partial charge in [0.05, 0.1) is 12.8 Å². The van der Waals surface area contributed by atoms with Gasteiger partial charge in [-0.1, -0.05) is 51.9 Å². The molecule has 0 aliphatic rings. The summed E-state index contributed by atoms with van der Waals surface area (Å²) in [7, 11) is 3.62. The third-order valence-corrected chi connectivity index (χ3v) is 3.67. The predicted octanol–water partition coefficient (Wildman–Crippen LogP) is 3.89. The van der Waals surface area contributed by atoms with E-state index in [1.165, 1.54) is 44.9 Å². The Balaban J connectivity index is 2.28. The number of rotatable bonds is 11. The number of unbranched alkanes of at least 4 members (excludes halogenated alkanes) is 6. The highest BCUT2D eigenvalue weighted by molar-refractivity contribution is 5.16. The first-order valence-electron chi connectivity index (χ1n) is 7.85. The lowest BCUT2D eigenvalue weighted by Gasteiger charge is -2.15. The van der Waals surface area contributed by atoms with Crippen LogP contribution in [-0.2, 0) is 0 Å². The molecular weight excluding hydrogens is 250 g/mol. The van der Waals surface area contributed by atoms with Crippen molar-refractivity contribution in [3.63, 3.8) is 0 Å². The van der Waals surface area contributed by atoms with Gasteiger partial charge in [0.25, 0.3) is 0 Å². The number of hydrogen-bond donors (Lipinski definition) is 1. The van der Waals surface area contributed by atoms with E-state index in [-0.39, 0.29) is 0 Å². The zero-order valence-corrected chi connectivity index (χ0v) is 13.2. The summed E-state index contributed by atoms with van der Waals surface area (Å²) in [6, 6.07) is 2.21. The number of aromatic nitrogens is 2. The van der Waals surface area contributed by atoms with E-state index < -0.39 is 0 Å². The molecule has 114 valence electrons. The standard InChI is InChI=1S/C16H29N3O/c1-4-5-6-7-8-9-10-11-14(17-2)15-12-16(20-3)19-13-18-15/h12-14,17H,4-11H2,1-3H3. The van der Waals surface area contributed by atoms with Gasteiger partial charge in [-0.05, 0) is 13.5 Å². The molecular formula is C16H29N3O. The van der Waals surface area contributed by atoms with E-state index >= 15 is 0 Å². The van der Waals surface area contributed by atoms with Crippen molar-refractivity contribution < 1.29 is 4.74 Å². The summed E-state index contributed by atoms with van der Waals surface area (Å²) in [5, 5.41) is 3.34. The first kappa shape index (κ1) is 16.9. The molecule has 1 unspecified atom stereocenters. The molecule has 1 rings (SSSR count). The van der Waals surface area contributed by atoms with Gasteiger partial charge in [0.15, 0.2) is 0 Å². The Labute approximate surface area is 123 Å². The highest BCUT2D eigenvalue weighted by Gasteiger charge is 2.11. The molecule has 4 heteroatoms. The fourth-order valence-electron chi connectivity index (χ4n) is 2.40. The second-order valence-electron chi connectivity index (χ2n) is 5.24. The van der Waals surface area contributed by atoms with E-state index in [0.717, 1.165) is 12.1 Å². The quantitative estimate of drug-likeness (QED) is 0.624. The molecule has 0 bridgehead atoms. The summed E-state index contributed by atoms with van der Waals surface area (Å²) in [4.78, 5) is 8.40. The summed E-state index contributed by atoms with van der Waals surface area (Å²) in [5.41, 5.74) is 1.02. The maximum atomic E-state index is 5.15. The van der Waals surface area contributed by atoms with Crippen LogP contribution in [0.4, 0.5) is 0 Å². The average Bonchev–Trinajstić information content (AvgIpc) is 2.50. The van der Waals surface area contributed by atoms with Crippen molar-refractivity contribution in [3.8, 4) is 5.88 Å². The molecule has 0 aliphatic carbocycles. The lowest BCUT2D eigenvalue weighted by Crippen LogP contribution is -2.17. The van der Waals surface area contributed by atoms with Crippen molar-refractivity contribution in [2.75, 3.05) is 14.2 Å². The molecule has 0 spiro atoms. The predicted molar refractivity (Wildman–Crippen MR) is 83.0 cm³/mol. The summed E-state index contributed by atoms with van der Waals surface area (Å²) in [6.45, 7) is 2.26. The fraction of sp³-hybridized carbons (Fsp3) is 0.750. The van der Waals surface area contributed by atoms with Gasteiger partial charge < -0.3 is 10.1 Å². The van der Waals surface area contributed by atoms with Gasteiger partial charge in [-0.15, -0.1) is 0 Å². The topological polar surface area (TPSA) is 47.0 Å². The lowest BCUT2D eigenvalue weighted by atomic mass is 10.0. The van der Waals surface area contributed by atoms with Gasteiger partial charge in [-0.25, -0.2) is 9.97 Å². The molecule has 0 radical (unpaired) electrons. The Morgan fingerprint density at radius 2 is 1.80 bits per heavy atom. The molecule has 1 atom stereocenters. The van der Waals surface area contributed by atoms with Crippen molar-refractivity contribution >= 4 is 0 Å². The summed E-state index contributed by atoms with van der Waals surface area (Å²) in [6.07, 6.45) is 12.0. The third-order valence-electron chi connectivity index (χ3n) is 3.67. The van der Waals surface area contributed by atoms with Crippen molar-refractivity contribution in [1.29, 1.82) is 0 Å². The third kappa shape index (κ3) is 6.33. The summed E-state index contributed by atoms with van der Waals surface area (Å²) >= 11 is 0. The van der Waals surface area contributed by atoms with Gasteiger partial charge >= 0.3 is 0 Å². The Morgan fingerprint density at radius 3 is 2.45 bits per heavy atom. The largest absolute Gasteiger partial charge is 0.481 e. The molecule has 0 aliphatic heterocycles. The number of ether oxygens (including phenoxy) is 1. The summed E-state index contributed by atoms with van der Waals surface area (Å²) < 4.78 is 5.15. The Bertz CT molecular complexity index is 357. The molecule has 0 saturated carbocycles. The van der Waals surface area contributed by atoms with E-state index in [1.54, 1.807) is 13.4 Å². The van der Waals surface area contributed by atoms with Gasteiger partial charge in [-0.2, -0.15) is 0 Å². The van der Waals surface area contributed by atoms with E-state index in [2.05, 4.69) is 22.2 Å². The molecule has 20 heavy (non-hydrogen) atoms. The van der Waals surface area contributed by atoms with Crippen LogP contribution < -0.4 is 10.1 Å². The van der Waals surface area contributed by atoms with Crippen molar-refractivity contribution in [1.82, 2.24) is 15.3 Å². The first-order valence-corrected chi connectivity index (χ1v) is 7.85. The van der Waals surface area contributed by atoms with E-state index in [9.17, 15) is 0 Å². The van der Waals surface area contributed by atoms with Crippen molar-refractivity contribution in [2.45, 2.75) is 64.3 Å². The van der Waals surface area contributed by atoms with Crippen LogP contribution >= 0.6 is 0 Å². The highest BCUT2D eigenvalue weighted by Crippen LogP contribution is 2.20. The minimum absolute atomic E-state index is 0.294. The second kappa shape index (κ2) is 10.6. The van der Waals surface area contributed by atoms with Crippen LogP contribution in [0.5, 0.6) is 5.88 Å². The molecule has 1 N–H and O–H groups in total. The van der Waals surface area contributed by atoms with Crippen LogP contribution in [0.3, 0.4) is 0 Å². The normalized spacial score (nSPS) is 12.3. The van der Waals surface area contributed by atoms with Crippen LogP contribution in [0.15, 0.2) is 12.4 Å². The molecule has 1 aromatic rings. The fourth-order valence-corrected chi connectivity index (χ4v) is 2.40. The Hall–Kier alpha value is -1.16. The van der Waals surface area contributed by atoms with Crippen LogP contribution in [0, 0.1) is 0 Å². The maximum Gasteiger partial charge on any atom is 0.216 e. The molecule has 1 aromatic heterocycles. The molecule has 0 amide bonds. The molecule has 0 fully saturated rings. The van der Waals surface area contributed by atoms with E-state index in [0.29, 0.717) is 11.9 Å². The number of nitrogens with zero attached hydrogens (tertiary/aromatic N) is 2. The number of methoxy groups -OCH3 is 1. The van der Waals surface area contributed by atoms with Crippen LogP contribution in [-0.4, -0.2) is 24.1 Å². The van der Waals surface area contributed by atoms with Crippen LogP contribution in [0.2, 0.25) is 0 Å². The Morgan fingerprint density at radius 1 is 1.10 bits per heavy atom. The minimum Gasteiger partial charge on any atom is -0.481 e. The van der Waals surface area contributed by atoms with Gasteiger partial charge in [0.1, 0.15) is 6.33 Å². The molecule has 0 saturated heterocycles. The van der Waals surface area contributed by atoms with Crippen molar-refractivity contribution in [2.24, 2.45) is 0 Å². The molecule has 1 heterocycles. The maximum absolute atomic E-state index is 5.15. The summed E-state index contributed by atoms with van der Waals surface area (Å²) in [5.74, 6) is 0.634. The Kier molecular flexibility index (Phi) is 8.96. The number of nitrogens with one attached hydrogen (secondary N) is 1. The van der Waals surface area contributed by atoms with Gasteiger partial charge in [-0.3, -0.25) is 0 Å². The zero-order chi connectivity index (χ0) is 14.6. The highest BCUT2D eigenvalue weighted by atomic mass is 16.5. The molecule has 0 aromatic carbocycles. The zero-order valence-electron chi connectivity index (χ0n) is 13.2. The first-order chi connectivity index (χ1) is 9.81. The minimum atomic E-state index is 0.294. The van der Waals surface area contributed by atoms with E-state index in [4.69, 9.17) is 4.74 Å². The average molecular weight is 279 g/mol. The smallest absolute Gasteiger partial charge is 0.216 e. The van der Waals surface area contributed by atoms with Gasteiger partial charge in [0, 0.05) is 12.1 Å². The molecule has 4 nitrogen and oxygen atoms in total. The number of hydrogen-bond acceptors (Lipinski definition) is 4. The van der Waals surface area contributed by atoms with Crippen molar-refractivity contribution in [3.05, 3.63) is 18.1 Å².